The number of methoxy groups -OCH3 is 1. The highest BCUT2D eigenvalue weighted by Gasteiger charge is 2.14. The summed E-state index contributed by atoms with van der Waals surface area (Å²) in [5, 5.41) is 9.35. The molecule has 0 saturated heterocycles. The van der Waals surface area contributed by atoms with E-state index in [4.69, 9.17) is 19.3 Å². The van der Waals surface area contributed by atoms with E-state index in [9.17, 15) is 4.79 Å². The first-order valence-electron chi connectivity index (χ1n) is 14.8. The second-order valence-electron chi connectivity index (χ2n) is 10.2. The number of rotatable bonds is 12. The summed E-state index contributed by atoms with van der Waals surface area (Å²) in [4.78, 5) is 18.5. The summed E-state index contributed by atoms with van der Waals surface area (Å²) in [5.74, 6) is 2.61. The Kier molecular flexibility index (Phi) is 9.02. The van der Waals surface area contributed by atoms with Gasteiger partial charge in [0.15, 0.2) is 17.3 Å². The van der Waals surface area contributed by atoms with Crippen molar-refractivity contribution in [2.24, 2.45) is 0 Å². The summed E-state index contributed by atoms with van der Waals surface area (Å²) in [5.41, 5.74) is 4.06. The fraction of sp³-hybridized carbons (Fsp3) is 0.200. The Hall–Kier alpha value is -5.22. The number of fused-ring (bicyclic) bond motifs is 1. The van der Waals surface area contributed by atoms with Gasteiger partial charge in [-0.1, -0.05) is 55.0 Å². The molecule has 3 aromatic carbocycles. The quantitative estimate of drug-likeness (QED) is 0.148. The average molecular weight is 620 g/mol. The second kappa shape index (κ2) is 13.6. The van der Waals surface area contributed by atoms with Crippen molar-refractivity contribution in [2.75, 3.05) is 20.3 Å². The molecule has 10 heteroatoms. The zero-order chi connectivity index (χ0) is 31.2. The lowest BCUT2D eigenvalue weighted by atomic mass is 10.1. The fourth-order valence-electron chi connectivity index (χ4n) is 4.77. The summed E-state index contributed by atoms with van der Waals surface area (Å²) in [6.45, 7) is 5.32. The molecule has 0 amide bonds. The van der Waals surface area contributed by atoms with Gasteiger partial charge >= 0.3 is 0 Å². The molecule has 0 radical (unpaired) electrons. The first kappa shape index (κ1) is 29.8. The van der Waals surface area contributed by atoms with Crippen LogP contribution in [0.15, 0.2) is 83.8 Å². The van der Waals surface area contributed by atoms with E-state index in [2.05, 4.69) is 17.0 Å². The van der Waals surface area contributed by atoms with Crippen LogP contribution in [0.1, 0.15) is 43.6 Å². The number of hydrogen-bond acceptors (Lipinski definition) is 8. The van der Waals surface area contributed by atoms with Crippen molar-refractivity contribution in [2.45, 2.75) is 26.7 Å². The highest BCUT2D eigenvalue weighted by molar-refractivity contribution is 7.15. The molecule has 0 spiro atoms. The van der Waals surface area contributed by atoms with E-state index in [-0.39, 0.29) is 5.56 Å². The van der Waals surface area contributed by atoms with Crippen molar-refractivity contribution >= 4 is 34.5 Å². The number of benzene rings is 3. The first-order chi connectivity index (χ1) is 22.1. The summed E-state index contributed by atoms with van der Waals surface area (Å²) in [6, 6.07) is 23.4. The molecule has 0 N–H and O–H groups in total. The molecule has 0 aliphatic rings. The number of aromatic nitrogens is 5. The van der Waals surface area contributed by atoms with Gasteiger partial charge in [-0.05, 0) is 79.6 Å². The van der Waals surface area contributed by atoms with E-state index >= 15 is 0 Å². The smallest absolute Gasteiger partial charge is 0.291 e. The molecular formula is C35H33N5O4S. The maximum Gasteiger partial charge on any atom is 0.291 e. The highest BCUT2D eigenvalue weighted by atomic mass is 32.1. The van der Waals surface area contributed by atoms with E-state index in [0.717, 1.165) is 46.7 Å². The van der Waals surface area contributed by atoms with Gasteiger partial charge in [0, 0.05) is 17.3 Å². The molecule has 6 rings (SSSR count). The second-order valence-corrected chi connectivity index (χ2v) is 11.2. The molecule has 9 nitrogen and oxygen atoms in total. The molecular weight excluding hydrogens is 586 g/mol. The molecule has 3 aromatic heterocycles. The number of unbranched alkanes of at least 4 members (excludes halogenated alkanes) is 1. The molecule has 0 fully saturated rings. The van der Waals surface area contributed by atoms with Crippen molar-refractivity contribution in [1.82, 2.24) is 24.4 Å². The largest absolute Gasteiger partial charge is 0.494 e. The van der Waals surface area contributed by atoms with Crippen molar-refractivity contribution in [3.63, 3.8) is 0 Å². The standard InChI is InChI=1S/C35H33N5O4S/c1-4-6-20-44-29-18-12-24(21-30(29)42-3)13-19-32-36-35-40(37-32)34(41)31(45-35)22-26-23-39(27-10-8-7-9-11-27)38-33(26)25-14-16-28(17-15-25)43-5-2/h7-19,21-23H,4-6,20H2,1-3H3/b19-13+,31-22-. The molecule has 0 aliphatic heterocycles. The van der Waals surface area contributed by atoms with E-state index in [0.29, 0.717) is 40.0 Å². The first-order valence-corrected chi connectivity index (χ1v) is 15.7. The van der Waals surface area contributed by atoms with Crippen molar-refractivity contribution in [3.05, 3.63) is 111 Å². The summed E-state index contributed by atoms with van der Waals surface area (Å²) >= 11 is 1.29. The normalized spacial score (nSPS) is 11.9. The Labute approximate surface area is 264 Å². The number of nitrogens with zero attached hydrogens (tertiary/aromatic N) is 5. The Morgan fingerprint density at radius 1 is 0.911 bits per heavy atom. The zero-order valence-electron chi connectivity index (χ0n) is 25.3. The Morgan fingerprint density at radius 3 is 2.47 bits per heavy atom. The Balaban J connectivity index is 1.30. The third kappa shape index (κ3) is 6.66. The molecule has 45 heavy (non-hydrogen) atoms. The van der Waals surface area contributed by atoms with Crippen LogP contribution >= 0.6 is 11.3 Å². The van der Waals surface area contributed by atoms with Crippen LogP contribution in [-0.4, -0.2) is 44.7 Å². The van der Waals surface area contributed by atoms with E-state index in [1.54, 1.807) is 13.2 Å². The Bertz CT molecular complexity index is 2050. The molecule has 228 valence electrons. The van der Waals surface area contributed by atoms with Crippen LogP contribution in [0.3, 0.4) is 0 Å². The van der Waals surface area contributed by atoms with Crippen LogP contribution in [0.25, 0.3) is 40.1 Å². The minimum absolute atomic E-state index is 0.234. The zero-order valence-corrected chi connectivity index (χ0v) is 26.2. The lowest BCUT2D eigenvalue weighted by Crippen LogP contribution is -2.23. The third-order valence-corrected chi connectivity index (χ3v) is 8.01. The SMILES string of the molecule is CCCCOc1ccc(/C=C/c2nc3s/c(=C\c4cn(-c5ccccc5)nc4-c4ccc(OCC)cc4)c(=O)n3n2)cc1OC. The molecule has 0 atom stereocenters. The Morgan fingerprint density at radius 2 is 1.73 bits per heavy atom. The highest BCUT2D eigenvalue weighted by Crippen LogP contribution is 2.29. The van der Waals surface area contributed by atoms with Gasteiger partial charge in [-0.3, -0.25) is 4.79 Å². The maximum atomic E-state index is 13.4. The van der Waals surface area contributed by atoms with Crippen molar-refractivity contribution in [3.8, 4) is 34.2 Å². The number of thiazole rings is 1. The van der Waals surface area contributed by atoms with Crippen LogP contribution in [0.4, 0.5) is 0 Å². The topological polar surface area (TPSA) is 92.8 Å². The van der Waals surface area contributed by atoms with Gasteiger partial charge < -0.3 is 14.2 Å². The maximum absolute atomic E-state index is 13.4. The summed E-state index contributed by atoms with van der Waals surface area (Å²) in [7, 11) is 1.62. The van der Waals surface area contributed by atoms with Gasteiger partial charge in [0.1, 0.15) is 11.4 Å². The summed E-state index contributed by atoms with van der Waals surface area (Å²) in [6.07, 6.45) is 9.49. The summed E-state index contributed by atoms with van der Waals surface area (Å²) < 4.78 is 20.6. The van der Waals surface area contributed by atoms with Gasteiger partial charge in [-0.2, -0.15) is 14.6 Å². The van der Waals surface area contributed by atoms with Crippen LogP contribution < -0.4 is 24.3 Å². The predicted molar refractivity (Wildman–Crippen MR) is 178 cm³/mol. The van der Waals surface area contributed by atoms with Gasteiger partial charge in [0.05, 0.1) is 30.5 Å². The van der Waals surface area contributed by atoms with Crippen LogP contribution in [-0.2, 0) is 0 Å². The monoisotopic (exact) mass is 619 g/mol. The average Bonchev–Trinajstić information content (AvgIpc) is 3.76. The molecule has 0 unspecified atom stereocenters. The van der Waals surface area contributed by atoms with Crippen molar-refractivity contribution in [1.29, 1.82) is 0 Å². The van der Waals surface area contributed by atoms with Gasteiger partial charge in [0.2, 0.25) is 4.96 Å². The van der Waals surface area contributed by atoms with Crippen LogP contribution in [0.5, 0.6) is 17.2 Å². The minimum atomic E-state index is -0.234. The van der Waals surface area contributed by atoms with Gasteiger partial charge in [-0.25, -0.2) is 4.68 Å². The van der Waals surface area contributed by atoms with E-state index in [1.165, 1.54) is 15.9 Å². The lowest BCUT2D eigenvalue weighted by molar-refractivity contribution is 0.288. The van der Waals surface area contributed by atoms with Gasteiger partial charge in [-0.15, -0.1) is 5.10 Å². The molecule has 0 saturated carbocycles. The van der Waals surface area contributed by atoms with Crippen LogP contribution in [0, 0.1) is 0 Å². The molecule has 0 bridgehead atoms. The van der Waals surface area contributed by atoms with Crippen LogP contribution in [0.2, 0.25) is 0 Å². The van der Waals surface area contributed by atoms with E-state index < -0.39 is 0 Å². The number of hydrogen-bond donors (Lipinski definition) is 0. The van der Waals surface area contributed by atoms with Gasteiger partial charge in [0.25, 0.3) is 5.56 Å². The van der Waals surface area contributed by atoms with E-state index in [1.807, 2.05) is 103 Å². The molecule has 6 aromatic rings. The molecule has 3 heterocycles. The molecule has 0 aliphatic carbocycles. The third-order valence-electron chi connectivity index (χ3n) is 7.05. The fourth-order valence-corrected chi connectivity index (χ4v) is 5.68. The van der Waals surface area contributed by atoms with Crippen molar-refractivity contribution < 1.29 is 14.2 Å². The number of ether oxygens (including phenoxy) is 3. The number of para-hydroxylation sites is 1. The predicted octanol–water partition coefficient (Wildman–Crippen LogP) is 6.31. The lowest BCUT2D eigenvalue weighted by Gasteiger charge is -2.10. The minimum Gasteiger partial charge on any atom is -0.494 e.